The Labute approximate surface area is 266 Å². The number of ether oxygens (including phenoxy) is 1. The van der Waals surface area contributed by atoms with E-state index in [1.54, 1.807) is 0 Å². The number of unbranched alkanes of at least 4 members (excludes halogenated alkanes) is 10. The second-order valence-corrected chi connectivity index (χ2v) is 16.3. The number of likely N-dealkylation sites (tertiary alicyclic amines) is 1. The first-order valence-electron chi connectivity index (χ1n) is 18.0. The van der Waals surface area contributed by atoms with Crippen LogP contribution in [-0.2, 0) is 19.2 Å². The highest BCUT2D eigenvalue weighted by atomic mass is 16.7. The zero-order chi connectivity index (χ0) is 32.3. The van der Waals surface area contributed by atoms with Crippen molar-refractivity contribution >= 4 is 11.8 Å². The zero-order valence-electron chi connectivity index (χ0n) is 30.1. The van der Waals surface area contributed by atoms with Crippen LogP contribution < -0.4 is 0 Å². The molecule has 0 radical (unpaired) electrons. The Morgan fingerprint density at radius 1 is 0.628 bits per heavy atom. The molecule has 2 heterocycles. The van der Waals surface area contributed by atoms with Crippen molar-refractivity contribution in [2.75, 3.05) is 13.2 Å². The molecule has 0 atom stereocenters. The van der Waals surface area contributed by atoms with Gasteiger partial charge in [0.15, 0.2) is 0 Å². The predicted molar refractivity (Wildman–Crippen MR) is 179 cm³/mol. The molecular formula is C37H70N2O4. The molecule has 2 aliphatic heterocycles. The fraction of sp³-hybridized carbons (Fsp3) is 0.946. The molecule has 2 aliphatic rings. The predicted octanol–water partition coefficient (Wildman–Crippen LogP) is 9.43. The van der Waals surface area contributed by atoms with Crippen LogP contribution in [0, 0.1) is 5.92 Å². The summed E-state index contributed by atoms with van der Waals surface area (Å²) in [6.07, 6.45) is 17.9. The van der Waals surface area contributed by atoms with E-state index in [1.807, 2.05) is 0 Å². The lowest BCUT2D eigenvalue weighted by atomic mass is 9.73. The van der Waals surface area contributed by atoms with Gasteiger partial charge in [-0.05, 0) is 87.6 Å². The highest BCUT2D eigenvalue weighted by molar-refractivity contribution is 5.97. The van der Waals surface area contributed by atoms with Crippen LogP contribution in [0.15, 0.2) is 0 Å². The van der Waals surface area contributed by atoms with Crippen molar-refractivity contribution in [1.29, 1.82) is 0 Å². The molecule has 2 fully saturated rings. The fourth-order valence-electron chi connectivity index (χ4n) is 8.36. The number of esters is 1. The van der Waals surface area contributed by atoms with E-state index in [0.29, 0.717) is 19.4 Å². The molecule has 0 bridgehead atoms. The lowest BCUT2D eigenvalue weighted by Gasteiger charge is -2.55. The average Bonchev–Trinajstić information content (AvgIpc) is 2.86. The fourth-order valence-corrected chi connectivity index (χ4v) is 8.36. The van der Waals surface area contributed by atoms with E-state index >= 15 is 0 Å². The number of hydroxylamine groups is 2. The standard InChI is InChI=1S/C37H70N2O4/c1-11-13-15-17-19-21-23-38-34(3,4)28-31(29-35(38,5)6)43-33(41)25-32(40)30-26-36(7,8)39(37(9,10)27-30)42-24-22-20-18-16-14-12-2/h30-31H,11-29H2,1-10H3. The number of carbonyl (C=O) groups is 2. The number of Topliss-reactive ketones (excluding diaryl/α,β-unsaturated/α-hetero) is 1. The Hall–Kier alpha value is -0.980. The van der Waals surface area contributed by atoms with Gasteiger partial charge >= 0.3 is 5.97 Å². The zero-order valence-corrected chi connectivity index (χ0v) is 30.1. The average molecular weight is 607 g/mol. The number of hydrogen-bond donors (Lipinski definition) is 0. The van der Waals surface area contributed by atoms with Gasteiger partial charge in [-0.15, -0.1) is 0 Å². The van der Waals surface area contributed by atoms with Gasteiger partial charge in [-0.2, -0.15) is 5.06 Å². The molecule has 0 aliphatic carbocycles. The second kappa shape index (κ2) is 17.1. The first-order valence-corrected chi connectivity index (χ1v) is 18.0. The topological polar surface area (TPSA) is 59.1 Å². The van der Waals surface area contributed by atoms with Crippen LogP contribution >= 0.6 is 0 Å². The van der Waals surface area contributed by atoms with Crippen molar-refractivity contribution in [1.82, 2.24) is 9.96 Å². The Bertz CT molecular complexity index is 814. The summed E-state index contributed by atoms with van der Waals surface area (Å²) in [7, 11) is 0. The third kappa shape index (κ3) is 12.0. The maximum atomic E-state index is 13.5. The lowest BCUT2D eigenvalue weighted by Crippen LogP contribution is -2.62. The van der Waals surface area contributed by atoms with Crippen LogP contribution in [0.5, 0.6) is 0 Å². The molecule has 6 heteroatoms. The van der Waals surface area contributed by atoms with Crippen molar-refractivity contribution < 1.29 is 19.2 Å². The number of piperidine rings is 2. The van der Waals surface area contributed by atoms with Crippen LogP contribution in [-0.4, -0.2) is 63.1 Å². The minimum absolute atomic E-state index is 0.0146. The van der Waals surface area contributed by atoms with Gasteiger partial charge in [0, 0.05) is 40.9 Å². The largest absolute Gasteiger partial charge is 0.462 e. The summed E-state index contributed by atoms with van der Waals surface area (Å²) < 4.78 is 6.05. The molecule has 0 saturated carbocycles. The van der Waals surface area contributed by atoms with Gasteiger partial charge in [0.1, 0.15) is 18.3 Å². The van der Waals surface area contributed by atoms with Crippen LogP contribution in [0.25, 0.3) is 0 Å². The third-order valence-electron chi connectivity index (χ3n) is 10.0. The Kier molecular flexibility index (Phi) is 15.2. The van der Waals surface area contributed by atoms with Crippen molar-refractivity contribution in [3.8, 4) is 0 Å². The summed E-state index contributed by atoms with van der Waals surface area (Å²) in [6, 6.07) is 0. The molecule has 0 unspecified atom stereocenters. The molecule has 0 aromatic carbocycles. The van der Waals surface area contributed by atoms with E-state index in [0.717, 1.165) is 25.8 Å². The van der Waals surface area contributed by atoms with Gasteiger partial charge in [-0.25, -0.2) is 0 Å². The monoisotopic (exact) mass is 607 g/mol. The SMILES string of the molecule is CCCCCCCCON1C(C)(C)CC(C(=O)CC(=O)OC2CC(C)(C)N(CCCCCCCC)C(C)(C)C2)CC1(C)C. The number of rotatable bonds is 19. The van der Waals surface area contributed by atoms with Crippen molar-refractivity contribution in [2.24, 2.45) is 5.92 Å². The normalized spacial score (nSPS) is 22.5. The van der Waals surface area contributed by atoms with Crippen molar-refractivity contribution in [3.63, 3.8) is 0 Å². The molecule has 0 spiro atoms. The molecule has 2 saturated heterocycles. The summed E-state index contributed by atoms with van der Waals surface area (Å²) in [4.78, 5) is 35.6. The molecule has 2 rings (SSSR count). The van der Waals surface area contributed by atoms with E-state index in [2.05, 4.69) is 79.2 Å². The van der Waals surface area contributed by atoms with Gasteiger partial charge in [0.2, 0.25) is 0 Å². The van der Waals surface area contributed by atoms with E-state index in [4.69, 9.17) is 9.57 Å². The molecule has 43 heavy (non-hydrogen) atoms. The highest BCUT2D eigenvalue weighted by Crippen LogP contribution is 2.43. The van der Waals surface area contributed by atoms with E-state index in [-0.39, 0.29) is 52.4 Å². The van der Waals surface area contributed by atoms with Crippen molar-refractivity contribution in [3.05, 3.63) is 0 Å². The summed E-state index contributed by atoms with van der Waals surface area (Å²) in [5, 5.41) is 2.14. The van der Waals surface area contributed by atoms with Crippen LogP contribution in [0.3, 0.4) is 0 Å². The van der Waals surface area contributed by atoms with Crippen LogP contribution in [0.2, 0.25) is 0 Å². The second-order valence-electron chi connectivity index (χ2n) is 16.3. The lowest BCUT2D eigenvalue weighted by molar-refractivity contribution is -0.286. The van der Waals surface area contributed by atoms with Gasteiger partial charge in [0.25, 0.3) is 0 Å². The van der Waals surface area contributed by atoms with Crippen LogP contribution in [0.1, 0.15) is 178 Å². The molecule has 6 nitrogen and oxygen atoms in total. The smallest absolute Gasteiger partial charge is 0.313 e. The minimum Gasteiger partial charge on any atom is -0.462 e. The highest BCUT2D eigenvalue weighted by Gasteiger charge is 2.49. The molecule has 0 aromatic rings. The van der Waals surface area contributed by atoms with Crippen LogP contribution in [0.4, 0.5) is 0 Å². The molecule has 0 amide bonds. The Morgan fingerprint density at radius 2 is 1.09 bits per heavy atom. The maximum Gasteiger partial charge on any atom is 0.313 e. The number of hydrogen-bond acceptors (Lipinski definition) is 6. The molecule has 0 N–H and O–H groups in total. The van der Waals surface area contributed by atoms with E-state index in [9.17, 15) is 9.59 Å². The van der Waals surface area contributed by atoms with E-state index < -0.39 is 0 Å². The summed E-state index contributed by atoms with van der Waals surface area (Å²) in [6.45, 7) is 24.1. The quantitative estimate of drug-likeness (QED) is 0.0829. The van der Waals surface area contributed by atoms with Crippen molar-refractivity contribution in [2.45, 2.75) is 207 Å². The Balaban J connectivity index is 1.87. The summed E-state index contributed by atoms with van der Waals surface area (Å²) in [5.41, 5.74) is -0.691. The number of nitrogens with zero attached hydrogens (tertiary/aromatic N) is 2. The minimum atomic E-state index is -0.358. The van der Waals surface area contributed by atoms with Gasteiger partial charge in [-0.1, -0.05) is 78.1 Å². The first-order chi connectivity index (χ1) is 20.1. The van der Waals surface area contributed by atoms with Gasteiger partial charge < -0.3 is 4.74 Å². The maximum absolute atomic E-state index is 13.5. The molecule has 0 aromatic heterocycles. The van der Waals surface area contributed by atoms with E-state index in [1.165, 1.54) is 70.6 Å². The summed E-state index contributed by atoms with van der Waals surface area (Å²) in [5.74, 6) is -0.511. The number of carbonyl (C=O) groups excluding carboxylic acids is 2. The molecule has 252 valence electrons. The molecular weight excluding hydrogens is 536 g/mol. The van der Waals surface area contributed by atoms with Gasteiger partial charge in [0.05, 0.1) is 6.61 Å². The summed E-state index contributed by atoms with van der Waals surface area (Å²) >= 11 is 0. The first kappa shape index (κ1) is 38.2. The third-order valence-corrected chi connectivity index (χ3v) is 10.0. The Morgan fingerprint density at radius 3 is 1.60 bits per heavy atom. The van der Waals surface area contributed by atoms with Gasteiger partial charge in [-0.3, -0.25) is 19.3 Å². The number of ketones is 1.